The molecule has 28 heavy (non-hydrogen) atoms. The van der Waals surface area contributed by atoms with E-state index < -0.39 is 11.8 Å². The van der Waals surface area contributed by atoms with Crippen molar-refractivity contribution in [3.63, 3.8) is 0 Å². The number of methoxy groups -OCH3 is 1. The summed E-state index contributed by atoms with van der Waals surface area (Å²) in [6.45, 7) is 4.11. The van der Waals surface area contributed by atoms with Crippen molar-refractivity contribution in [2.45, 2.75) is 31.9 Å². The maximum atomic E-state index is 13.2. The molecule has 0 saturated carbocycles. The van der Waals surface area contributed by atoms with Crippen LogP contribution in [0.4, 0.5) is 14.9 Å². The average Bonchev–Trinajstić information content (AvgIpc) is 3.14. The highest BCUT2D eigenvalue weighted by atomic mass is 35.5. The van der Waals surface area contributed by atoms with E-state index in [-0.39, 0.29) is 23.1 Å². The van der Waals surface area contributed by atoms with E-state index in [4.69, 9.17) is 16.3 Å². The van der Waals surface area contributed by atoms with E-state index in [0.29, 0.717) is 11.4 Å². The number of rotatable bonds is 5. The Balaban J connectivity index is 1.76. The van der Waals surface area contributed by atoms with E-state index in [9.17, 15) is 9.18 Å². The molecule has 0 saturated heterocycles. The summed E-state index contributed by atoms with van der Waals surface area (Å²) in [5, 5.41) is 9.75. The molecule has 0 spiro atoms. The Kier molecular flexibility index (Phi) is 6.16. The normalized spacial score (nSPS) is 18.9. The third kappa shape index (κ3) is 4.43. The smallest absolute Gasteiger partial charge is 0.323 e. The summed E-state index contributed by atoms with van der Waals surface area (Å²) in [4.78, 5) is 12.3. The lowest BCUT2D eigenvalue weighted by atomic mass is 9.92. The van der Waals surface area contributed by atoms with E-state index in [1.807, 2.05) is 22.9 Å². The highest BCUT2D eigenvalue weighted by Gasteiger charge is 2.26. The molecule has 1 aliphatic rings. The standard InChI is InChI=1S/C20H22ClFN4O2/c1-12(2)26-18(8-9-23-26)15-10-13(5-7-19(15)28-3)24-20(27)25-14-4-6-17(22)16(21)11-14/h4-12,15,19H,1-3H3,(H2,24,25,27). The minimum atomic E-state index is -0.541. The number of nitrogens with one attached hydrogen (secondary N) is 2. The molecule has 2 aromatic rings. The molecule has 0 radical (unpaired) electrons. The lowest BCUT2D eigenvalue weighted by Gasteiger charge is -2.27. The lowest BCUT2D eigenvalue weighted by Crippen LogP contribution is -2.31. The van der Waals surface area contributed by atoms with Gasteiger partial charge in [0.1, 0.15) is 5.82 Å². The molecule has 148 valence electrons. The average molecular weight is 405 g/mol. The van der Waals surface area contributed by atoms with Crippen LogP contribution < -0.4 is 10.6 Å². The number of aromatic nitrogens is 2. The van der Waals surface area contributed by atoms with Crippen LogP contribution in [0.15, 0.2) is 54.4 Å². The van der Waals surface area contributed by atoms with Gasteiger partial charge in [0.15, 0.2) is 0 Å². The van der Waals surface area contributed by atoms with Gasteiger partial charge in [-0.25, -0.2) is 9.18 Å². The number of amides is 2. The van der Waals surface area contributed by atoms with E-state index >= 15 is 0 Å². The summed E-state index contributed by atoms with van der Waals surface area (Å²) in [5.74, 6) is -0.642. The minimum Gasteiger partial charge on any atom is -0.376 e. The molecule has 1 aliphatic carbocycles. The van der Waals surface area contributed by atoms with Crippen LogP contribution in [0.5, 0.6) is 0 Å². The van der Waals surface area contributed by atoms with Gasteiger partial charge in [0.05, 0.1) is 17.0 Å². The third-order valence-electron chi connectivity index (χ3n) is 4.42. The topological polar surface area (TPSA) is 68.2 Å². The van der Waals surface area contributed by atoms with Crippen LogP contribution in [0.3, 0.4) is 0 Å². The minimum absolute atomic E-state index is 0.0560. The summed E-state index contributed by atoms with van der Waals surface area (Å²) >= 11 is 5.75. The molecule has 2 amide bonds. The zero-order valence-electron chi connectivity index (χ0n) is 15.8. The SMILES string of the molecule is COC1C=CC(NC(=O)Nc2ccc(F)c(Cl)c2)=CC1c1ccnn1C(C)C. The monoisotopic (exact) mass is 404 g/mol. The van der Waals surface area contributed by atoms with Gasteiger partial charge in [0, 0.05) is 36.4 Å². The van der Waals surface area contributed by atoms with Gasteiger partial charge in [-0.15, -0.1) is 0 Å². The van der Waals surface area contributed by atoms with Gasteiger partial charge in [0.2, 0.25) is 0 Å². The quantitative estimate of drug-likeness (QED) is 0.763. The van der Waals surface area contributed by atoms with Gasteiger partial charge in [-0.3, -0.25) is 4.68 Å². The first-order valence-corrected chi connectivity index (χ1v) is 9.26. The number of hydrogen-bond donors (Lipinski definition) is 2. The molecule has 1 aromatic carbocycles. The Hall–Kier alpha value is -2.64. The summed E-state index contributed by atoms with van der Waals surface area (Å²) in [6.07, 6.45) is 7.21. The number of allylic oxidation sites excluding steroid dienone is 1. The second kappa shape index (κ2) is 8.58. The van der Waals surface area contributed by atoms with Crippen LogP contribution in [-0.4, -0.2) is 29.0 Å². The first kappa shape index (κ1) is 20.1. The number of benzene rings is 1. The fraction of sp³-hybridized carbons (Fsp3) is 0.300. The number of nitrogens with zero attached hydrogens (tertiary/aromatic N) is 2. The lowest BCUT2D eigenvalue weighted by molar-refractivity contribution is 0.125. The fourth-order valence-electron chi connectivity index (χ4n) is 3.11. The van der Waals surface area contributed by atoms with Crippen molar-refractivity contribution in [2.24, 2.45) is 0 Å². The predicted octanol–water partition coefficient (Wildman–Crippen LogP) is 4.63. The molecule has 2 unspecified atom stereocenters. The van der Waals surface area contributed by atoms with E-state index in [2.05, 4.69) is 29.6 Å². The van der Waals surface area contributed by atoms with Gasteiger partial charge >= 0.3 is 6.03 Å². The van der Waals surface area contributed by atoms with Gasteiger partial charge in [0.25, 0.3) is 0 Å². The molecule has 6 nitrogen and oxygen atoms in total. The molecule has 1 heterocycles. The molecule has 2 atom stereocenters. The van der Waals surface area contributed by atoms with Crippen LogP contribution in [0.1, 0.15) is 31.5 Å². The summed E-state index contributed by atoms with van der Waals surface area (Å²) < 4.78 is 20.8. The van der Waals surface area contributed by atoms with Crippen molar-refractivity contribution in [1.29, 1.82) is 0 Å². The van der Waals surface area contributed by atoms with Crippen molar-refractivity contribution in [3.05, 3.63) is 70.9 Å². The van der Waals surface area contributed by atoms with Crippen LogP contribution >= 0.6 is 11.6 Å². The molecule has 0 aliphatic heterocycles. The number of ether oxygens (including phenoxy) is 1. The molecule has 2 N–H and O–H groups in total. The van der Waals surface area contributed by atoms with Crippen molar-refractivity contribution in [2.75, 3.05) is 12.4 Å². The zero-order chi connectivity index (χ0) is 20.3. The fourth-order valence-corrected chi connectivity index (χ4v) is 3.29. The molecule has 8 heteroatoms. The summed E-state index contributed by atoms with van der Waals surface area (Å²) in [6, 6.07) is 5.69. The second-order valence-corrected chi connectivity index (χ2v) is 7.12. The summed E-state index contributed by atoms with van der Waals surface area (Å²) in [5.41, 5.74) is 2.02. The van der Waals surface area contributed by atoms with Crippen molar-refractivity contribution >= 4 is 23.3 Å². The van der Waals surface area contributed by atoms with Crippen LogP contribution in [0.25, 0.3) is 0 Å². The number of halogens is 2. The highest BCUT2D eigenvalue weighted by Crippen LogP contribution is 2.30. The molecule has 0 fully saturated rings. The number of carbonyl (C=O) groups excluding carboxylic acids is 1. The Bertz CT molecular complexity index is 923. The Labute approximate surface area is 168 Å². The molecule has 0 bridgehead atoms. The molecular weight excluding hydrogens is 383 g/mol. The summed E-state index contributed by atoms with van der Waals surface area (Å²) in [7, 11) is 1.65. The molecule has 3 rings (SSSR count). The van der Waals surface area contributed by atoms with Crippen molar-refractivity contribution in [3.8, 4) is 0 Å². The van der Waals surface area contributed by atoms with Gasteiger partial charge in [-0.2, -0.15) is 5.10 Å². The van der Waals surface area contributed by atoms with Crippen LogP contribution in [-0.2, 0) is 4.74 Å². The van der Waals surface area contributed by atoms with Crippen molar-refractivity contribution < 1.29 is 13.9 Å². The van der Waals surface area contributed by atoms with Crippen LogP contribution in [0.2, 0.25) is 5.02 Å². The zero-order valence-corrected chi connectivity index (χ0v) is 16.6. The van der Waals surface area contributed by atoms with E-state index in [1.165, 1.54) is 18.2 Å². The number of anilines is 1. The van der Waals surface area contributed by atoms with Crippen LogP contribution in [0, 0.1) is 5.82 Å². The largest absolute Gasteiger partial charge is 0.376 e. The second-order valence-electron chi connectivity index (χ2n) is 6.71. The first-order valence-electron chi connectivity index (χ1n) is 8.88. The van der Waals surface area contributed by atoms with Gasteiger partial charge < -0.3 is 15.4 Å². The Morgan fingerprint density at radius 1 is 1.32 bits per heavy atom. The maximum absolute atomic E-state index is 13.2. The number of hydrogen-bond acceptors (Lipinski definition) is 3. The number of urea groups is 1. The molecule has 1 aromatic heterocycles. The predicted molar refractivity (Wildman–Crippen MR) is 107 cm³/mol. The van der Waals surface area contributed by atoms with E-state index in [0.717, 1.165) is 5.69 Å². The highest BCUT2D eigenvalue weighted by molar-refractivity contribution is 6.31. The van der Waals surface area contributed by atoms with Gasteiger partial charge in [-0.05, 0) is 50.3 Å². The first-order chi connectivity index (χ1) is 13.4. The van der Waals surface area contributed by atoms with E-state index in [1.54, 1.807) is 19.4 Å². The third-order valence-corrected chi connectivity index (χ3v) is 4.71. The molecular formula is C20H22ClFN4O2. The maximum Gasteiger partial charge on any atom is 0.323 e. The number of carbonyl (C=O) groups is 1. The Morgan fingerprint density at radius 2 is 2.11 bits per heavy atom. The Morgan fingerprint density at radius 3 is 2.79 bits per heavy atom. The van der Waals surface area contributed by atoms with Gasteiger partial charge in [-0.1, -0.05) is 17.7 Å². The van der Waals surface area contributed by atoms with Crippen molar-refractivity contribution in [1.82, 2.24) is 15.1 Å².